The molecule has 0 saturated heterocycles. The molecule has 0 spiro atoms. The van der Waals surface area contributed by atoms with Gasteiger partial charge in [0.2, 0.25) is 0 Å². The van der Waals surface area contributed by atoms with Crippen molar-refractivity contribution in [1.82, 2.24) is 0 Å². The summed E-state index contributed by atoms with van der Waals surface area (Å²) < 4.78 is 17.8. The molecule has 11 heavy (non-hydrogen) atoms. The first-order valence-electron chi connectivity index (χ1n) is 3.59. The molecule has 0 bridgehead atoms. The molecule has 60 valence electrons. The molecular weight excluding hydrogens is 143 g/mol. The highest BCUT2D eigenvalue weighted by Crippen LogP contribution is 2.25. The fourth-order valence-corrected chi connectivity index (χ4v) is 1.09. The molecule has 2 heteroatoms. The van der Waals surface area contributed by atoms with E-state index in [1.807, 2.05) is 0 Å². The summed E-state index contributed by atoms with van der Waals surface area (Å²) in [4.78, 5) is 0. The molecule has 1 heterocycles. The third-order valence-electron chi connectivity index (χ3n) is 1.64. The Morgan fingerprint density at radius 3 is 2.82 bits per heavy atom. The van der Waals surface area contributed by atoms with Gasteiger partial charge < -0.3 is 4.74 Å². The lowest BCUT2D eigenvalue weighted by molar-refractivity contribution is 0.199. The van der Waals surface area contributed by atoms with Gasteiger partial charge in [-0.3, -0.25) is 0 Å². The predicted octanol–water partition coefficient (Wildman–Crippen LogP) is 2.72. The lowest BCUT2D eigenvalue weighted by Crippen LogP contribution is -2.05. The van der Waals surface area contributed by atoms with E-state index >= 15 is 0 Å². The normalized spacial score (nSPS) is 17.5. The van der Waals surface area contributed by atoms with Crippen LogP contribution in [-0.4, -0.2) is 6.61 Å². The molecule has 1 aliphatic rings. The standard InChI is InChI=1S/C9H11FO/c1-3-9-8(7(2)10)5-4-6-11-9/h3H,1-2,4-6H2. The fourth-order valence-electron chi connectivity index (χ4n) is 1.09. The van der Waals surface area contributed by atoms with Crippen molar-refractivity contribution in [2.24, 2.45) is 0 Å². The zero-order valence-electron chi connectivity index (χ0n) is 6.40. The molecular formula is C9H11FO. The highest BCUT2D eigenvalue weighted by atomic mass is 19.1. The van der Waals surface area contributed by atoms with E-state index in [2.05, 4.69) is 13.2 Å². The van der Waals surface area contributed by atoms with Crippen molar-refractivity contribution in [2.45, 2.75) is 12.8 Å². The maximum Gasteiger partial charge on any atom is 0.124 e. The summed E-state index contributed by atoms with van der Waals surface area (Å²) >= 11 is 0. The van der Waals surface area contributed by atoms with Gasteiger partial charge in [0.15, 0.2) is 0 Å². The molecule has 0 aromatic carbocycles. The van der Waals surface area contributed by atoms with Crippen LogP contribution in [0.5, 0.6) is 0 Å². The molecule has 0 N–H and O–H groups in total. The molecule has 0 unspecified atom stereocenters. The summed E-state index contributed by atoms with van der Waals surface area (Å²) in [5.74, 6) is 0.142. The summed E-state index contributed by atoms with van der Waals surface area (Å²) in [6.07, 6.45) is 3.09. The Morgan fingerprint density at radius 2 is 2.36 bits per heavy atom. The molecule has 0 atom stereocenters. The van der Waals surface area contributed by atoms with Gasteiger partial charge in [0.25, 0.3) is 0 Å². The van der Waals surface area contributed by atoms with Gasteiger partial charge in [-0.25, -0.2) is 4.39 Å². The van der Waals surface area contributed by atoms with Crippen LogP contribution in [0.25, 0.3) is 0 Å². The first kappa shape index (κ1) is 8.05. The fraction of sp³-hybridized carbons (Fsp3) is 0.333. The van der Waals surface area contributed by atoms with Crippen LogP contribution in [0.4, 0.5) is 4.39 Å². The van der Waals surface area contributed by atoms with Crippen LogP contribution < -0.4 is 0 Å². The van der Waals surface area contributed by atoms with Crippen molar-refractivity contribution in [3.8, 4) is 0 Å². The van der Waals surface area contributed by atoms with Crippen molar-refractivity contribution < 1.29 is 9.13 Å². The van der Waals surface area contributed by atoms with Crippen LogP contribution in [0.2, 0.25) is 0 Å². The van der Waals surface area contributed by atoms with Crippen molar-refractivity contribution in [3.63, 3.8) is 0 Å². The van der Waals surface area contributed by atoms with Crippen LogP contribution >= 0.6 is 0 Å². The highest BCUT2D eigenvalue weighted by Gasteiger charge is 2.13. The number of halogens is 1. The van der Waals surface area contributed by atoms with Crippen LogP contribution in [0.15, 0.2) is 36.4 Å². The average molecular weight is 154 g/mol. The van der Waals surface area contributed by atoms with E-state index in [4.69, 9.17) is 4.74 Å². The largest absolute Gasteiger partial charge is 0.493 e. The van der Waals surface area contributed by atoms with Crippen LogP contribution in [-0.2, 0) is 4.74 Å². The quantitative estimate of drug-likeness (QED) is 0.594. The molecule has 1 rings (SSSR count). The second-order valence-corrected chi connectivity index (χ2v) is 2.40. The zero-order valence-corrected chi connectivity index (χ0v) is 6.40. The third kappa shape index (κ3) is 1.70. The zero-order chi connectivity index (χ0) is 8.27. The minimum Gasteiger partial charge on any atom is -0.493 e. The van der Waals surface area contributed by atoms with Crippen molar-refractivity contribution >= 4 is 0 Å². The SMILES string of the molecule is C=CC1=C(C(=C)F)CCCO1. The van der Waals surface area contributed by atoms with Gasteiger partial charge in [-0.05, 0) is 18.9 Å². The van der Waals surface area contributed by atoms with E-state index in [0.717, 1.165) is 6.42 Å². The van der Waals surface area contributed by atoms with Gasteiger partial charge in [0.05, 0.1) is 6.61 Å². The molecule has 0 aliphatic carbocycles. The number of ether oxygens (including phenoxy) is 1. The summed E-state index contributed by atoms with van der Waals surface area (Å²) in [5.41, 5.74) is 0.561. The van der Waals surface area contributed by atoms with E-state index < -0.39 is 5.83 Å². The van der Waals surface area contributed by atoms with Gasteiger partial charge in [0, 0.05) is 5.57 Å². The molecule has 0 saturated carbocycles. The van der Waals surface area contributed by atoms with E-state index in [1.54, 1.807) is 0 Å². The Balaban J connectivity index is 2.90. The minimum absolute atomic E-state index is 0.403. The first-order chi connectivity index (χ1) is 5.25. The smallest absolute Gasteiger partial charge is 0.124 e. The van der Waals surface area contributed by atoms with Gasteiger partial charge in [0.1, 0.15) is 11.6 Å². The average Bonchev–Trinajstić information content (AvgIpc) is 2.04. The Hall–Kier alpha value is -1.05. The van der Waals surface area contributed by atoms with Crippen LogP contribution in [0.3, 0.4) is 0 Å². The predicted molar refractivity (Wildman–Crippen MR) is 42.7 cm³/mol. The molecule has 1 nitrogen and oxygen atoms in total. The maximum absolute atomic E-state index is 12.6. The van der Waals surface area contributed by atoms with Crippen LogP contribution in [0.1, 0.15) is 12.8 Å². The highest BCUT2D eigenvalue weighted by molar-refractivity contribution is 5.32. The van der Waals surface area contributed by atoms with Gasteiger partial charge >= 0.3 is 0 Å². The van der Waals surface area contributed by atoms with Gasteiger partial charge in [-0.15, -0.1) is 0 Å². The second-order valence-electron chi connectivity index (χ2n) is 2.40. The Labute approximate surface area is 65.9 Å². The molecule has 0 fully saturated rings. The molecule has 0 radical (unpaired) electrons. The summed E-state index contributed by atoms with van der Waals surface area (Å²) in [6.45, 7) is 7.40. The van der Waals surface area contributed by atoms with E-state index in [-0.39, 0.29) is 0 Å². The third-order valence-corrected chi connectivity index (χ3v) is 1.64. The molecule has 1 aliphatic heterocycles. The summed E-state index contributed by atoms with van der Waals surface area (Å²) in [7, 11) is 0. The lowest BCUT2D eigenvalue weighted by Gasteiger charge is -2.17. The van der Waals surface area contributed by atoms with E-state index in [0.29, 0.717) is 24.4 Å². The second kappa shape index (κ2) is 3.37. The lowest BCUT2D eigenvalue weighted by atomic mass is 10.1. The summed E-state index contributed by atoms with van der Waals surface area (Å²) in [6, 6.07) is 0. The summed E-state index contributed by atoms with van der Waals surface area (Å²) in [5, 5.41) is 0. The van der Waals surface area contributed by atoms with Crippen molar-refractivity contribution in [1.29, 1.82) is 0 Å². The van der Waals surface area contributed by atoms with Gasteiger partial charge in [-0.2, -0.15) is 0 Å². The van der Waals surface area contributed by atoms with Gasteiger partial charge in [-0.1, -0.05) is 13.2 Å². The van der Waals surface area contributed by atoms with E-state index in [1.165, 1.54) is 6.08 Å². The Morgan fingerprint density at radius 1 is 1.64 bits per heavy atom. The molecule has 0 amide bonds. The Bertz CT molecular complexity index is 216. The molecule has 0 aromatic heterocycles. The maximum atomic E-state index is 12.6. The van der Waals surface area contributed by atoms with Crippen molar-refractivity contribution in [2.75, 3.05) is 6.61 Å². The topological polar surface area (TPSA) is 9.23 Å². The monoisotopic (exact) mass is 154 g/mol. The van der Waals surface area contributed by atoms with Crippen molar-refractivity contribution in [3.05, 3.63) is 36.4 Å². The number of rotatable bonds is 2. The first-order valence-corrected chi connectivity index (χ1v) is 3.59. The molecule has 0 aromatic rings. The number of hydrogen-bond acceptors (Lipinski definition) is 1. The number of hydrogen-bond donors (Lipinski definition) is 0. The number of allylic oxidation sites excluding steroid dienone is 3. The van der Waals surface area contributed by atoms with Crippen LogP contribution in [0, 0.1) is 0 Å². The van der Waals surface area contributed by atoms with E-state index in [9.17, 15) is 4.39 Å². The minimum atomic E-state index is -0.403. The Kier molecular flexibility index (Phi) is 2.47.